The molecular weight excluding hydrogens is 422 g/mol. The van der Waals surface area contributed by atoms with Gasteiger partial charge < -0.3 is 14.6 Å². The summed E-state index contributed by atoms with van der Waals surface area (Å²) in [6.07, 6.45) is 0.826. The number of carbonyl (C=O) groups is 1. The Balaban J connectivity index is 1.44. The predicted molar refractivity (Wildman–Crippen MR) is 128 cm³/mol. The number of ether oxygens (including phenoxy) is 1. The quantitative estimate of drug-likeness (QED) is 0.352. The zero-order valence-electron chi connectivity index (χ0n) is 18.3. The summed E-state index contributed by atoms with van der Waals surface area (Å²) >= 11 is 5.92. The van der Waals surface area contributed by atoms with Crippen LogP contribution in [0.25, 0.3) is 11.0 Å². The summed E-state index contributed by atoms with van der Waals surface area (Å²) < 4.78 is 8.23. The predicted octanol–water partition coefficient (Wildman–Crippen LogP) is 5.71. The van der Waals surface area contributed by atoms with Crippen LogP contribution in [-0.4, -0.2) is 22.1 Å². The largest absolute Gasteiger partial charge is 0.493 e. The van der Waals surface area contributed by atoms with E-state index in [2.05, 4.69) is 41.9 Å². The fraction of sp³-hybridized carbons (Fsp3) is 0.231. The van der Waals surface area contributed by atoms with Crippen LogP contribution in [0.2, 0.25) is 5.02 Å². The maximum Gasteiger partial charge on any atom is 0.251 e. The van der Waals surface area contributed by atoms with E-state index in [9.17, 15) is 4.79 Å². The molecule has 32 heavy (non-hydrogen) atoms. The Morgan fingerprint density at radius 1 is 1.00 bits per heavy atom. The second-order valence-corrected chi connectivity index (χ2v) is 8.22. The number of carbonyl (C=O) groups excluding carboxylic acids is 1. The first kappa shape index (κ1) is 21.9. The van der Waals surface area contributed by atoms with Crippen molar-refractivity contribution in [2.24, 2.45) is 0 Å². The first-order chi connectivity index (χ1) is 15.5. The highest BCUT2D eigenvalue weighted by molar-refractivity contribution is 6.30. The Kier molecular flexibility index (Phi) is 6.76. The topological polar surface area (TPSA) is 56.1 Å². The lowest BCUT2D eigenvalue weighted by Gasteiger charge is -2.13. The lowest BCUT2D eigenvalue weighted by molar-refractivity contribution is 0.0949. The highest BCUT2D eigenvalue weighted by atomic mass is 35.5. The minimum atomic E-state index is -0.154. The fourth-order valence-corrected chi connectivity index (χ4v) is 3.92. The molecular formula is C26H26ClN3O2. The van der Waals surface area contributed by atoms with Crippen LogP contribution < -0.4 is 10.1 Å². The van der Waals surface area contributed by atoms with Gasteiger partial charge in [-0.3, -0.25) is 4.79 Å². The number of imidazole rings is 1. The molecule has 0 spiro atoms. The molecule has 6 heteroatoms. The van der Waals surface area contributed by atoms with Crippen molar-refractivity contribution in [3.8, 4) is 5.75 Å². The number of rotatable bonds is 8. The number of hydrogen-bond donors (Lipinski definition) is 1. The van der Waals surface area contributed by atoms with Gasteiger partial charge in [0.25, 0.3) is 5.91 Å². The number of amides is 1. The average molecular weight is 448 g/mol. The molecule has 1 heterocycles. The molecule has 0 atom stereocenters. The summed E-state index contributed by atoms with van der Waals surface area (Å²) in [6.45, 7) is 5.82. The third-order valence-electron chi connectivity index (χ3n) is 5.43. The van der Waals surface area contributed by atoms with Crippen molar-refractivity contribution < 1.29 is 9.53 Å². The van der Waals surface area contributed by atoms with E-state index in [-0.39, 0.29) is 5.91 Å². The molecule has 0 saturated carbocycles. The zero-order valence-corrected chi connectivity index (χ0v) is 19.0. The normalized spacial score (nSPS) is 11.0. The molecule has 1 N–H and O–H groups in total. The van der Waals surface area contributed by atoms with Crippen molar-refractivity contribution in [3.05, 3.63) is 94.3 Å². The monoisotopic (exact) mass is 447 g/mol. The summed E-state index contributed by atoms with van der Waals surface area (Å²) in [5.41, 5.74) is 4.82. The van der Waals surface area contributed by atoms with Gasteiger partial charge in [-0.1, -0.05) is 41.9 Å². The second kappa shape index (κ2) is 9.88. The lowest BCUT2D eigenvalue weighted by atomic mass is 10.1. The molecule has 0 fully saturated rings. The zero-order chi connectivity index (χ0) is 22.5. The Morgan fingerprint density at radius 2 is 1.72 bits per heavy atom. The molecule has 0 radical (unpaired) electrons. The molecule has 0 bridgehead atoms. The van der Waals surface area contributed by atoms with Crippen LogP contribution in [0.15, 0.2) is 66.7 Å². The van der Waals surface area contributed by atoms with Crippen LogP contribution in [0.1, 0.15) is 33.7 Å². The van der Waals surface area contributed by atoms with E-state index < -0.39 is 0 Å². The van der Waals surface area contributed by atoms with Crippen molar-refractivity contribution in [1.29, 1.82) is 0 Å². The van der Waals surface area contributed by atoms with Gasteiger partial charge in [0, 0.05) is 17.1 Å². The number of para-hydroxylation sites is 3. The molecule has 3 aromatic carbocycles. The number of aromatic nitrogens is 2. The Bertz CT molecular complexity index is 1210. The van der Waals surface area contributed by atoms with E-state index in [0.29, 0.717) is 23.7 Å². The summed E-state index contributed by atoms with van der Waals surface area (Å²) in [7, 11) is 0. The number of benzene rings is 3. The minimum absolute atomic E-state index is 0.154. The van der Waals surface area contributed by atoms with Gasteiger partial charge in [-0.25, -0.2) is 4.98 Å². The third-order valence-corrected chi connectivity index (χ3v) is 5.68. The number of fused-ring (bicyclic) bond motifs is 1. The van der Waals surface area contributed by atoms with Crippen LogP contribution in [0, 0.1) is 13.8 Å². The van der Waals surface area contributed by atoms with Gasteiger partial charge in [-0.15, -0.1) is 0 Å². The van der Waals surface area contributed by atoms with E-state index in [1.54, 1.807) is 24.3 Å². The van der Waals surface area contributed by atoms with Crippen molar-refractivity contribution in [3.63, 3.8) is 0 Å². The SMILES string of the molecule is Cc1cccc(C)c1OCCCn1c(CNC(=O)c2ccc(Cl)cc2)nc2ccccc21. The molecule has 1 aromatic heterocycles. The molecule has 164 valence electrons. The van der Waals surface area contributed by atoms with Gasteiger partial charge in [0.2, 0.25) is 0 Å². The van der Waals surface area contributed by atoms with E-state index in [4.69, 9.17) is 21.3 Å². The summed E-state index contributed by atoms with van der Waals surface area (Å²) in [5.74, 6) is 1.62. The second-order valence-electron chi connectivity index (χ2n) is 7.78. The Labute approximate surface area is 193 Å². The van der Waals surface area contributed by atoms with Crippen molar-refractivity contribution >= 4 is 28.5 Å². The smallest absolute Gasteiger partial charge is 0.251 e. The molecule has 4 rings (SSSR count). The van der Waals surface area contributed by atoms with Gasteiger partial charge in [0.05, 0.1) is 24.2 Å². The first-order valence-corrected chi connectivity index (χ1v) is 11.1. The highest BCUT2D eigenvalue weighted by Crippen LogP contribution is 2.23. The fourth-order valence-electron chi connectivity index (χ4n) is 3.80. The van der Waals surface area contributed by atoms with Gasteiger partial charge in [0.15, 0.2) is 0 Å². The van der Waals surface area contributed by atoms with Gasteiger partial charge >= 0.3 is 0 Å². The third kappa shape index (κ3) is 4.94. The van der Waals surface area contributed by atoms with Gasteiger partial charge in [0.1, 0.15) is 11.6 Å². The Hall–Kier alpha value is -3.31. The first-order valence-electron chi connectivity index (χ1n) is 10.7. The van der Waals surface area contributed by atoms with E-state index in [1.807, 2.05) is 24.3 Å². The van der Waals surface area contributed by atoms with Gasteiger partial charge in [-0.2, -0.15) is 0 Å². The number of aryl methyl sites for hydroxylation is 3. The minimum Gasteiger partial charge on any atom is -0.493 e. The van der Waals surface area contributed by atoms with Crippen LogP contribution >= 0.6 is 11.6 Å². The van der Waals surface area contributed by atoms with E-state index in [1.165, 1.54) is 0 Å². The summed E-state index contributed by atoms with van der Waals surface area (Å²) in [4.78, 5) is 17.3. The molecule has 0 aliphatic rings. The number of halogens is 1. The van der Waals surface area contributed by atoms with Crippen LogP contribution in [0.3, 0.4) is 0 Å². The molecule has 1 amide bonds. The van der Waals surface area contributed by atoms with E-state index in [0.717, 1.165) is 46.7 Å². The Morgan fingerprint density at radius 3 is 2.47 bits per heavy atom. The average Bonchev–Trinajstić information content (AvgIpc) is 3.14. The van der Waals surface area contributed by atoms with Crippen molar-refractivity contribution in [2.45, 2.75) is 33.4 Å². The number of nitrogens with one attached hydrogen (secondary N) is 1. The van der Waals surface area contributed by atoms with Crippen molar-refractivity contribution in [1.82, 2.24) is 14.9 Å². The van der Waals surface area contributed by atoms with Crippen LogP contribution in [0.4, 0.5) is 0 Å². The molecule has 0 aliphatic heterocycles. The maximum absolute atomic E-state index is 12.5. The number of hydrogen-bond acceptors (Lipinski definition) is 3. The van der Waals surface area contributed by atoms with Crippen molar-refractivity contribution in [2.75, 3.05) is 6.61 Å². The highest BCUT2D eigenvalue weighted by Gasteiger charge is 2.13. The van der Waals surface area contributed by atoms with E-state index >= 15 is 0 Å². The van der Waals surface area contributed by atoms with Gasteiger partial charge in [-0.05, 0) is 67.8 Å². The molecule has 0 saturated heterocycles. The molecule has 0 unspecified atom stereocenters. The van der Waals surface area contributed by atoms with Crippen LogP contribution in [0.5, 0.6) is 5.75 Å². The van der Waals surface area contributed by atoms with Crippen LogP contribution in [-0.2, 0) is 13.1 Å². The standard InChI is InChI=1S/C26H26ClN3O2/c1-18-7-5-8-19(2)25(18)32-16-6-15-30-23-10-4-3-9-22(23)29-24(30)17-28-26(31)20-11-13-21(27)14-12-20/h3-5,7-14H,6,15-17H2,1-2H3,(H,28,31). The molecule has 4 aromatic rings. The lowest BCUT2D eigenvalue weighted by Crippen LogP contribution is -2.25. The maximum atomic E-state index is 12.5. The molecule has 5 nitrogen and oxygen atoms in total. The molecule has 0 aliphatic carbocycles. The summed E-state index contributed by atoms with van der Waals surface area (Å²) in [6, 6.07) is 21.0. The number of nitrogens with zero attached hydrogens (tertiary/aromatic N) is 2. The summed E-state index contributed by atoms with van der Waals surface area (Å²) in [5, 5.41) is 3.57.